The van der Waals surface area contributed by atoms with E-state index in [1.165, 1.54) is 0 Å². The number of benzene rings is 1. The first kappa shape index (κ1) is 11.8. The van der Waals surface area contributed by atoms with Gasteiger partial charge in [0.15, 0.2) is 11.5 Å². The van der Waals surface area contributed by atoms with Crippen LogP contribution >= 0.6 is 0 Å². The molecule has 0 amide bonds. The Bertz CT molecular complexity index is 311. The predicted octanol–water partition coefficient (Wildman–Crippen LogP) is 0.705. The lowest BCUT2D eigenvalue weighted by atomic mass is 9.99. The molecule has 0 saturated carbocycles. The molecule has 84 valence electrons. The minimum absolute atomic E-state index is 0.171. The summed E-state index contributed by atoms with van der Waals surface area (Å²) in [5.74, 6) is 1.60. The van der Waals surface area contributed by atoms with Crippen molar-refractivity contribution in [3.05, 3.63) is 23.8 Å². The maximum absolute atomic E-state index is 5.63. The summed E-state index contributed by atoms with van der Waals surface area (Å²) in [5, 5.41) is 0. The Hall–Kier alpha value is -1.26. The second-order valence-electron chi connectivity index (χ2n) is 3.28. The van der Waals surface area contributed by atoms with Gasteiger partial charge in [0.1, 0.15) is 0 Å². The molecule has 0 radical (unpaired) electrons. The van der Waals surface area contributed by atoms with Crippen LogP contribution in [0.1, 0.15) is 11.5 Å². The van der Waals surface area contributed by atoms with Crippen LogP contribution in [-0.2, 0) is 0 Å². The summed E-state index contributed by atoms with van der Waals surface area (Å²) in [5.41, 5.74) is 12.3. The number of hydrogen-bond acceptors (Lipinski definition) is 4. The molecule has 0 heterocycles. The lowest BCUT2D eigenvalue weighted by Gasteiger charge is -2.15. The summed E-state index contributed by atoms with van der Waals surface area (Å²) in [4.78, 5) is 0. The Morgan fingerprint density at radius 2 is 1.67 bits per heavy atom. The third-order valence-corrected chi connectivity index (χ3v) is 2.45. The maximum atomic E-state index is 5.63. The fraction of sp³-hybridized carbons (Fsp3) is 0.455. The molecule has 4 N–H and O–H groups in total. The Balaban J connectivity index is 3.01. The predicted molar refractivity (Wildman–Crippen MR) is 60.4 cm³/mol. The summed E-state index contributed by atoms with van der Waals surface area (Å²) in [6.07, 6.45) is 0. The van der Waals surface area contributed by atoms with E-state index < -0.39 is 0 Å². The van der Waals surface area contributed by atoms with Crippen molar-refractivity contribution in [2.45, 2.75) is 5.92 Å². The number of nitrogens with two attached hydrogens (primary N) is 2. The molecule has 0 bridgehead atoms. The Labute approximate surface area is 90.2 Å². The fourth-order valence-corrected chi connectivity index (χ4v) is 1.48. The van der Waals surface area contributed by atoms with Gasteiger partial charge in [-0.25, -0.2) is 0 Å². The van der Waals surface area contributed by atoms with E-state index in [9.17, 15) is 0 Å². The normalized spacial score (nSPS) is 10.5. The lowest BCUT2D eigenvalue weighted by molar-refractivity contribution is 0.354. The van der Waals surface area contributed by atoms with Crippen molar-refractivity contribution in [2.24, 2.45) is 11.5 Å². The van der Waals surface area contributed by atoms with Crippen LogP contribution in [0.2, 0.25) is 0 Å². The molecular formula is C11H18N2O2. The summed E-state index contributed by atoms with van der Waals surface area (Å²) in [6.45, 7) is 1.07. The average molecular weight is 210 g/mol. The van der Waals surface area contributed by atoms with E-state index >= 15 is 0 Å². The van der Waals surface area contributed by atoms with Crippen LogP contribution in [0, 0.1) is 0 Å². The van der Waals surface area contributed by atoms with Gasteiger partial charge < -0.3 is 20.9 Å². The molecule has 4 heteroatoms. The van der Waals surface area contributed by atoms with Gasteiger partial charge in [0.05, 0.1) is 14.2 Å². The van der Waals surface area contributed by atoms with Crippen molar-refractivity contribution in [1.29, 1.82) is 0 Å². The van der Waals surface area contributed by atoms with Gasteiger partial charge in [-0.1, -0.05) is 6.07 Å². The van der Waals surface area contributed by atoms with Gasteiger partial charge in [-0.3, -0.25) is 0 Å². The molecular weight excluding hydrogens is 192 g/mol. The SMILES string of the molecule is COc1ccc(C(CN)CN)cc1OC. The number of rotatable bonds is 5. The second-order valence-corrected chi connectivity index (χ2v) is 3.28. The van der Waals surface area contributed by atoms with E-state index in [-0.39, 0.29) is 5.92 Å². The van der Waals surface area contributed by atoms with Crippen molar-refractivity contribution >= 4 is 0 Å². The quantitative estimate of drug-likeness (QED) is 0.750. The van der Waals surface area contributed by atoms with Gasteiger partial charge >= 0.3 is 0 Å². The maximum Gasteiger partial charge on any atom is 0.160 e. The van der Waals surface area contributed by atoms with Crippen LogP contribution in [0.5, 0.6) is 11.5 Å². The van der Waals surface area contributed by atoms with Crippen molar-refractivity contribution in [3.63, 3.8) is 0 Å². The molecule has 0 aliphatic carbocycles. The molecule has 0 aliphatic rings. The van der Waals surface area contributed by atoms with Crippen LogP contribution in [0.3, 0.4) is 0 Å². The molecule has 4 nitrogen and oxygen atoms in total. The Kier molecular flexibility index (Phi) is 4.39. The molecule has 1 aromatic carbocycles. The topological polar surface area (TPSA) is 70.5 Å². The van der Waals surface area contributed by atoms with Crippen LogP contribution in [0.4, 0.5) is 0 Å². The highest BCUT2D eigenvalue weighted by molar-refractivity contribution is 5.44. The first-order chi connectivity index (χ1) is 7.26. The van der Waals surface area contributed by atoms with E-state index in [1.807, 2.05) is 18.2 Å². The third-order valence-electron chi connectivity index (χ3n) is 2.45. The molecule has 0 spiro atoms. The minimum atomic E-state index is 0.171. The van der Waals surface area contributed by atoms with Crippen molar-refractivity contribution < 1.29 is 9.47 Å². The summed E-state index contributed by atoms with van der Waals surface area (Å²) in [7, 11) is 3.22. The van der Waals surface area contributed by atoms with Gasteiger partial charge in [0, 0.05) is 19.0 Å². The standard InChI is InChI=1S/C11H18N2O2/c1-14-10-4-3-8(5-11(10)15-2)9(6-12)7-13/h3-5,9H,6-7,12-13H2,1-2H3. The molecule has 0 unspecified atom stereocenters. The van der Waals surface area contributed by atoms with E-state index in [1.54, 1.807) is 14.2 Å². The van der Waals surface area contributed by atoms with Crippen LogP contribution < -0.4 is 20.9 Å². The molecule has 0 fully saturated rings. The smallest absolute Gasteiger partial charge is 0.160 e. The molecule has 1 aromatic rings. The van der Waals surface area contributed by atoms with E-state index in [0.717, 1.165) is 5.56 Å². The van der Waals surface area contributed by atoms with E-state index in [2.05, 4.69) is 0 Å². The number of methoxy groups -OCH3 is 2. The van der Waals surface area contributed by atoms with Crippen molar-refractivity contribution in [3.8, 4) is 11.5 Å². The summed E-state index contributed by atoms with van der Waals surface area (Å²) < 4.78 is 10.4. The van der Waals surface area contributed by atoms with Crippen LogP contribution in [-0.4, -0.2) is 27.3 Å². The second kappa shape index (κ2) is 5.58. The Morgan fingerprint density at radius 3 is 2.13 bits per heavy atom. The molecule has 15 heavy (non-hydrogen) atoms. The summed E-state index contributed by atoms with van der Waals surface area (Å²) in [6, 6.07) is 5.75. The average Bonchev–Trinajstić information content (AvgIpc) is 2.30. The summed E-state index contributed by atoms with van der Waals surface area (Å²) >= 11 is 0. The lowest BCUT2D eigenvalue weighted by Crippen LogP contribution is -2.21. The zero-order chi connectivity index (χ0) is 11.3. The number of hydrogen-bond donors (Lipinski definition) is 2. The van der Waals surface area contributed by atoms with Gasteiger partial charge in [-0.2, -0.15) is 0 Å². The first-order valence-electron chi connectivity index (χ1n) is 4.88. The van der Waals surface area contributed by atoms with Gasteiger partial charge in [-0.15, -0.1) is 0 Å². The van der Waals surface area contributed by atoms with Crippen molar-refractivity contribution in [2.75, 3.05) is 27.3 Å². The van der Waals surface area contributed by atoms with E-state index in [4.69, 9.17) is 20.9 Å². The minimum Gasteiger partial charge on any atom is -0.493 e. The molecule has 0 saturated heterocycles. The zero-order valence-corrected chi connectivity index (χ0v) is 9.19. The third kappa shape index (κ3) is 2.61. The van der Waals surface area contributed by atoms with Gasteiger partial charge in [0.2, 0.25) is 0 Å². The zero-order valence-electron chi connectivity index (χ0n) is 9.19. The molecule has 0 aromatic heterocycles. The fourth-order valence-electron chi connectivity index (χ4n) is 1.48. The number of ether oxygens (including phenoxy) is 2. The Morgan fingerprint density at radius 1 is 1.07 bits per heavy atom. The van der Waals surface area contributed by atoms with Gasteiger partial charge in [0.25, 0.3) is 0 Å². The first-order valence-corrected chi connectivity index (χ1v) is 4.88. The highest BCUT2D eigenvalue weighted by atomic mass is 16.5. The van der Waals surface area contributed by atoms with Crippen LogP contribution in [0.25, 0.3) is 0 Å². The molecule has 0 atom stereocenters. The highest BCUT2D eigenvalue weighted by Gasteiger charge is 2.11. The van der Waals surface area contributed by atoms with Crippen molar-refractivity contribution in [1.82, 2.24) is 0 Å². The molecule has 1 rings (SSSR count). The largest absolute Gasteiger partial charge is 0.493 e. The van der Waals surface area contributed by atoms with Crippen LogP contribution in [0.15, 0.2) is 18.2 Å². The molecule has 0 aliphatic heterocycles. The van der Waals surface area contributed by atoms with E-state index in [0.29, 0.717) is 24.6 Å². The highest BCUT2D eigenvalue weighted by Crippen LogP contribution is 2.29. The monoisotopic (exact) mass is 210 g/mol. The van der Waals surface area contributed by atoms with Gasteiger partial charge in [-0.05, 0) is 17.7 Å².